The molecule has 90 valence electrons. The normalized spacial score (nSPS) is 9.53. The molecule has 0 saturated carbocycles. The number of carbonyl (C=O) groups is 1. The van der Waals surface area contributed by atoms with E-state index >= 15 is 0 Å². The van der Waals surface area contributed by atoms with Gasteiger partial charge in [-0.25, -0.2) is 0 Å². The van der Waals surface area contributed by atoms with E-state index in [1.165, 1.54) is 12.1 Å². The molecule has 0 saturated heterocycles. The van der Waals surface area contributed by atoms with E-state index in [0.717, 1.165) is 0 Å². The molecule has 1 amide bonds. The first-order valence-electron chi connectivity index (χ1n) is 4.52. The number of ether oxygens (including phenoxy) is 1. The van der Waals surface area contributed by atoms with Gasteiger partial charge in [0, 0.05) is 6.07 Å². The first kappa shape index (κ1) is 14.0. The molecule has 0 radical (unpaired) electrons. The van der Waals surface area contributed by atoms with Crippen LogP contribution in [0.1, 0.15) is 0 Å². The lowest BCUT2D eigenvalue weighted by Crippen LogP contribution is -2.29. The molecule has 0 aromatic heterocycles. The highest BCUT2D eigenvalue weighted by Gasteiger charge is 2.08. The van der Waals surface area contributed by atoms with E-state index in [0.29, 0.717) is 10.0 Å². The quantitative estimate of drug-likeness (QED) is 0.684. The van der Waals surface area contributed by atoms with Gasteiger partial charge in [0.1, 0.15) is 5.75 Å². The average molecular weight is 293 g/mol. The molecule has 0 aliphatic carbocycles. The van der Waals surface area contributed by atoms with Crippen LogP contribution in [-0.2, 0) is 4.79 Å². The van der Waals surface area contributed by atoms with Crippen molar-refractivity contribution in [3.05, 3.63) is 27.2 Å². The molecule has 3 nitrogen and oxygen atoms in total. The predicted octanol–water partition coefficient (Wildman–Crippen LogP) is 2.78. The Morgan fingerprint density at radius 2 is 1.94 bits per heavy atom. The smallest absolute Gasteiger partial charge is 0.258 e. The first-order valence-corrected chi connectivity index (χ1v) is 5.65. The summed E-state index contributed by atoms with van der Waals surface area (Å²) in [6.45, 7) is -0.0450. The molecule has 17 heavy (non-hydrogen) atoms. The fourth-order valence-corrected chi connectivity index (χ4v) is 1.55. The molecule has 1 rings (SSSR count). The monoisotopic (exact) mass is 291 g/mol. The predicted molar refractivity (Wildman–Crippen MR) is 68.8 cm³/mol. The minimum absolute atomic E-state index is 0.150. The second-order valence-corrected chi connectivity index (χ2v) is 4.19. The Kier molecular flexibility index (Phi) is 5.43. The minimum Gasteiger partial charge on any atom is -0.482 e. The standard InChI is InChI=1S/C11H8Cl3NO2/c1-2-3-15-11(16)6-17-10-5-8(13)7(12)4-9(10)14/h1,4-5H,3,6H2,(H,15,16). The van der Waals surface area contributed by atoms with Crippen LogP contribution in [-0.4, -0.2) is 19.1 Å². The van der Waals surface area contributed by atoms with Crippen LogP contribution in [0, 0.1) is 12.3 Å². The van der Waals surface area contributed by atoms with Crippen molar-refractivity contribution in [3.8, 4) is 18.1 Å². The van der Waals surface area contributed by atoms with Crippen molar-refractivity contribution < 1.29 is 9.53 Å². The van der Waals surface area contributed by atoms with E-state index in [2.05, 4.69) is 11.2 Å². The summed E-state index contributed by atoms with van der Waals surface area (Å²) in [5.74, 6) is 2.22. The van der Waals surface area contributed by atoms with Gasteiger partial charge in [-0.2, -0.15) is 0 Å². The van der Waals surface area contributed by atoms with Crippen LogP contribution >= 0.6 is 34.8 Å². The number of amides is 1. The third-order valence-electron chi connectivity index (χ3n) is 1.72. The van der Waals surface area contributed by atoms with Gasteiger partial charge < -0.3 is 10.1 Å². The zero-order valence-corrected chi connectivity index (χ0v) is 10.9. The van der Waals surface area contributed by atoms with Gasteiger partial charge in [-0.1, -0.05) is 40.7 Å². The lowest BCUT2D eigenvalue weighted by molar-refractivity contribution is -0.122. The SMILES string of the molecule is C#CCNC(=O)COc1cc(Cl)c(Cl)cc1Cl. The second-order valence-electron chi connectivity index (χ2n) is 2.97. The van der Waals surface area contributed by atoms with Crippen LogP contribution in [0.5, 0.6) is 5.75 Å². The van der Waals surface area contributed by atoms with Crippen LogP contribution in [0.2, 0.25) is 15.1 Å². The third kappa shape index (κ3) is 4.35. The molecular weight excluding hydrogens is 284 g/mol. The van der Waals surface area contributed by atoms with Crippen molar-refractivity contribution in [1.82, 2.24) is 5.32 Å². The summed E-state index contributed by atoms with van der Waals surface area (Å²) >= 11 is 17.4. The van der Waals surface area contributed by atoms with Crippen molar-refractivity contribution in [1.29, 1.82) is 0 Å². The molecule has 1 aromatic rings. The summed E-state index contributed by atoms with van der Waals surface area (Å²) in [5, 5.41) is 3.35. The second kappa shape index (κ2) is 6.61. The minimum atomic E-state index is -0.343. The van der Waals surface area contributed by atoms with Crippen molar-refractivity contribution in [2.24, 2.45) is 0 Å². The Hall–Kier alpha value is -1.08. The van der Waals surface area contributed by atoms with Gasteiger partial charge >= 0.3 is 0 Å². The number of hydrogen-bond donors (Lipinski definition) is 1. The van der Waals surface area contributed by atoms with Crippen LogP contribution in [0.15, 0.2) is 12.1 Å². The third-order valence-corrected chi connectivity index (χ3v) is 2.74. The van der Waals surface area contributed by atoms with Crippen molar-refractivity contribution in [3.63, 3.8) is 0 Å². The van der Waals surface area contributed by atoms with Crippen LogP contribution in [0.25, 0.3) is 0 Å². The van der Waals surface area contributed by atoms with Crippen molar-refractivity contribution in [2.75, 3.05) is 13.2 Å². The van der Waals surface area contributed by atoms with E-state index in [4.69, 9.17) is 46.0 Å². The fraction of sp³-hybridized carbons (Fsp3) is 0.182. The zero-order valence-electron chi connectivity index (χ0n) is 8.60. The van der Waals surface area contributed by atoms with Crippen LogP contribution < -0.4 is 10.1 Å². The van der Waals surface area contributed by atoms with E-state index in [9.17, 15) is 4.79 Å². The van der Waals surface area contributed by atoms with Gasteiger partial charge in [-0.05, 0) is 6.07 Å². The maximum absolute atomic E-state index is 11.2. The molecule has 6 heteroatoms. The number of terminal acetylenes is 1. The number of nitrogens with one attached hydrogen (secondary N) is 1. The molecule has 0 atom stereocenters. The van der Waals surface area contributed by atoms with E-state index in [1.54, 1.807) is 0 Å². The summed E-state index contributed by atoms with van der Waals surface area (Å²) in [4.78, 5) is 11.2. The molecule has 0 aliphatic heterocycles. The maximum atomic E-state index is 11.2. The molecule has 0 heterocycles. The van der Waals surface area contributed by atoms with Gasteiger partial charge in [0.05, 0.1) is 21.6 Å². The molecule has 0 aliphatic rings. The van der Waals surface area contributed by atoms with Gasteiger partial charge in [0.15, 0.2) is 6.61 Å². The van der Waals surface area contributed by atoms with Gasteiger partial charge in [-0.15, -0.1) is 6.42 Å². The highest BCUT2D eigenvalue weighted by molar-refractivity contribution is 6.43. The summed E-state index contributed by atoms with van der Waals surface area (Å²) in [6.07, 6.45) is 4.99. The van der Waals surface area contributed by atoms with E-state index in [1.807, 2.05) is 0 Å². The Balaban J connectivity index is 2.61. The largest absolute Gasteiger partial charge is 0.482 e. The van der Waals surface area contributed by atoms with E-state index in [-0.39, 0.29) is 29.8 Å². The number of rotatable bonds is 4. The summed E-state index contributed by atoms with van der Waals surface area (Å²) < 4.78 is 5.18. The topological polar surface area (TPSA) is 38.3 Å². The van der Waals surface area contributed by atoms with Crippen molar-refractivity contribution >= 4 is 40.7 Å². The average Bonchev–Trinajstić information content (AvgIpc) is 2.29. The summed E-state index contributed by atoms with van der Waals surface area (Å²) in [5.41, 5.74) is 0. The molecule has 0 unspecified atom stereocenters. The molecule has 1 aromatic carbocycles. The summed E-state index contributed by atoms with van der Waals surface area (Å²) in [7, 11) is 0. The Labute approximate surface area is 114 Å². The number of hydrogen-bond acceptors (Lipinski definition) is 2. The Morgan fingerprint density at radius 1 is 1.29 bits per heavy atom. The Bertz CT molecular complexity index is 469. The lowest BCUT2D eigenvalue weighted by Gasteiger charge is -2.08. The van der Waals surface area contributed by atoms with E-state index < -0.39 is 0 Å². The van der Waals surface area contributed by atoms with Gasteiger partial charge in [0.25, 0.3) is 5.91 Å². The number of halogens is 3. The van der Waals surface area contributed by atoms with Gasteiger partial charge in [-0.3, -0.25) is 4.79 Å². The number of carbonyl (C=O) groups excluding carboxylic acids is 1. The first-order chi connectivity index (χ1) is 8.04. The molecule has 0 spiro atoms. The van der Waals surface area contributed by atoms with Crippen LogP contribution in [0.3, 0.4) is 0 Å². The Morgan fingerprint density at radius 3 is 2.59 bits per heavy atom. The summed E-state index contributed by atoms with van der Waals surface area (Å²) in [6, 6.07) is 2.89. The highest BCUT2D eigenvalue weighted by atomic mass is 35.5. The highest BCUT2D eigenvalue weighted by Crippen LogP contribution is 2.33. The van der Waals surface area contributed by atoms with Crippen molar-refractivity contribution in [2.45, 2.75) is 0 Å². The lowest BCUT2D eigenvalue weighted by atomic mass is 10.3. The maximum Gasteiger partial charge on any atom is 0.258 e. The molecule has 0 bridgehead atoms. The molecular formula is C11H8Cl3NO2. The van der Waals surface area contributed by atoms with Crippen LogP contribution in [0.4, 0.5) is 0 Å². The molecule has 0 fully saturated rings. The van der Waals surface area contributed by atoms with Gasteiger partial charge in [0.2, 0.25) is 0 Å². The fourth-order valence-electron chi connectivity index (χ4n) is 0.959. The zero-order chi connectivity index (χ0) is 12.8. The number of benzene rings is 1. The molecule has 1 N–H and O–H groups in total.